The Morgan fingerprint density at radius 3 is 2.90 bits per heavy atom. The lowest BCUT2D eigenvalue weighted by atomic mass is 10.1. The molecule has 1 aromatic heterocycles. The van der Waals surface area contributed by atoms with Gasteiger partial charge in [0.15, 0.2) is 0 Å². The van der Waals surface area contributed by atoms with Crippen LogP contribution in [0.2, 0.25) is 5.02 Å². The van der Waals surface area contributed by atoms with Crippen LogP contribution < -0.4 is 10.1 Å². The molecule has 0 aliphatic heterocycles. The highest BCUT2D eigenvalue weighted by molar-refractivity contribution is 6.30. The van der Waals surface area contributed by atoms with Crippen molar-refractivity contribution in [2.24, 2.45) is 0 Å². The molecule has 0 radical (unpaired) electrons. The number of hydrogen-bond acceptors (Lipinski definition) is 4. The maximum Gasteiger partial charge on any atom is 0.222 e. The van der Waals surface area contributed by atoms with Gasteiger partial charge in [-0.1, -0.05) is 11.6 Å². The van der Waals surface area contributed by atoms with Gasteiger partial charge >= 0.3 is 0 Å². The lowest BCUT2D eigenvalue weighted by Crippen LogP contribution is -2.09. The summed E-state index contributed by atoms with van der Waals surface area (Å²) in [6, 6.07) is 7.55. The van der Waals surface area contributed by atoms with E-state index in [9.17, 15) is 0 Å². The molecular formula is C15H18ClN3O. The molecule has 0 bridgehead atoms. The van der Waals surface area contributed by atoms with Gasteiger partial charge in [-0.15, -0.1) is 0 Å². The van der Waals surface area contributed by atoms with Gasteiger partial charge in [-0.3, -0.25) is 0 Å². The van der Waals surface area contributed by atoms with Gasteiger partial charge < -0.3 is 10.1 Å². The second-order valence-corrected chi connectivity index (χ2v) is 4.82. The Morgan fingerprint density at radius 2 is 2.15 bits per heavy atom. The van der Waals surface area contributed by atoms with Crippen LogP contribution in [-0.2, 0) is 6.42 Å². The topological polar surface area (TPSA) is 47.0 Å². The zero-order valence-electron chi connectivity index (χ0n) is 11.7. The second kappa shape index (κ2) is 7.10. The van der Waals surface area contributed by atoms with Gasteiger partial charge in [-0.05, 0) is 50.1 Å². The van der Waals surface area contributed by atoms with Crippen LogP contribution >= 0.6 is 11.6 Å². The zero-order valence-corrected chi connectivity index (χ0v) is 12.4. The summed E-state index contributed by atoms with van der Waals surface area (Å²) >= 11 is 6.03. The van der Waals surface area contributed by atoms with E-state index < -0.39 is 0 Å². The van der Waals surface area contributed by atoms with Crippen molar-refractivity contribution in [3.63, 3.8) is 0 Å². The van der Waals surface area contributed by atoms with Gasteiger partial charge in [0, 0.05) is 23.5 Å². The van der Waals surface area contributed by atoms with E-state index in [0.717, 1.165) is 35.0 Å². The van der Waals surface area contributed by atoms with Crippen LogP contribution in [0.5, 0.6) is 5.75 Å². The Morgan fingerprint density at radius 1 is 1.30 bits per heavy atom. The van der Waals surface area contributed by atoms with Crippen molar-refractivity contribution in [3.05, 3.63) is 46.7 Å². The van der Waals surface area contributed by atoms with Crippen LogP contribution in [0.15, 0.2) is 30.5 Å². The first-order valence-corrected chi connectivity index (χ1v) is 7.01. The third-order valence-corrected chi connectivity index (χ3v) is 3.03. The van der Waals surface area contributed by atoms with Gasteiger partial charge in [0.05, 0.1) is 6.61 Å². The number of aromatic nitrogens is 2. The maximum absolute atomic E-state index is 6.03. The first kappa shape index (κ1) is 14.6. The van der Waals surface area contributed by atoms with E-state index in [2.05, 4.69) is 15.3 Å². The number of halogens is 1. The molecule has 0 aliphatic rings. The molecule has 0 aliphatic carbocycles. The molecule has 0 saturated carbocycles. The summed E-state index contributed by atoms with van der Waals surface area (Å²) in [6.07, 6.45) is 2.54. The fourth-order valence-corrected chi connectivity index (χ4v) is 2.08. The van der Waals surface area contributed by atoms with Gasteiger partial charge in [0.25, 0.3) is 0 Å². The molecule has 106 valence electrons. The van der Waals surface area contributed by atoms with Crippen LogP contribution in [0.1, 0.15) is 18.2 Å². The molecule has 0 spiro atoms. The largest absolute Gasteiger partial charge is 0.494 e. The minimum atomic E-state index is 0.642. The normalized spacial score (nSPS) is 10.3. The third kappa shape index (κ3) is 4.10. The Bertz CT molecular complexity index is 575. The highest BCUT2D eigenvalue weighted by Crippen LogP contribution is 2.23. The molecule has 0 amide bonds. The molecule has 0 atom stereocenters. The number of rotatable bonds is 6. The summed E-state index contributed by atoms with van der Waals surface area (Å²) in [6.45, 7) is 5.28. The fraction of sp³-hybridized carbons (Fsp3) is 0.333. The summed E-state index contributed by atoms with van der Waals surface area (Å²) in [4.78, 5) is 8.47. The van der Waals surface area contributed by atoms with Crippen molar-refractivity contribution in [2.45, 2.75) is 20.3 Å². The molecule has 2 aromatic rings. The molecule has 0 saturated heterocycles. The number of nitrogens with one attached hydrogen (secondary N) is 1. The van der Waals surface area contributed by atoms with Crippen molar-refractivity contribution in [1.29, 1.82) is 0 Å². The molecular weight excluding hydrogens is 274 g/mol. The van der Waals surface area contributed by atoms with Crippen molar-refractivity contribution in [2.75, 3.05) is 18.5 Å². The summed E-state index contributed by atoms with van der Waals surface area (Å²) < 4.78 is 5.60. The predicted molar refractivity (Wildman–Crippen MR) is 81.6 cm³/mol. The van der Waals surface area contributed by atoms with Crippen LogP contribution in [0, 0.1) is 6.92 Å². The summed E-state index contributed by atoms with van der Waals surface area (Å²) in [5.41, 5.74) is 2.03. The van der Waals surface area contributed by atoms with Gasteiger partial charge in [0.1, 0.15) is 5.75 Å². The van der Waals surface area contributed by atoms with E-state index in [1.165, 1.54) is 0 Å². The number of aryl methyl sites for hydroxylation is 1. The Balaban J connectivity index is 1.98. The number of ether oxygens (including phenoxy) is 1. The maximum atomic E-state index is 6.03. The van der Waals surface area contributed by atoms with Crippen LogP contribution in [0.25, 0.3) is 0 Å². The van der Waals surface area contributed by atoms with E-state index in [-0.39, 0.29) is 0 Å². The fourth-order valence-electron chi connectivity index (χ4n) is 1.88. The Labute approximate surface area is 124 Å². The third-order valence-electron chi connectivity index (χ3n) is 2.79. The summed E-state index contributed by atoms with van der Waals surface area (Å²) in [5.74, 6) is 1.52. The standard InChI is InChI=1S/C15H18ClN3O/c1-3-20-14-5-4-13(16)10-12(14)7-9-18-15-17-8-6-11(2)19-15/h4-6,8,10H,3,7,9H2,1-2H3,(H,17,18,19). The predicted octanol–water partition coefficient (Wildman–Crippen LogP) is 3.49. The SMILES string of the molecule is CCOc1ccc(Cl)cc1CCNc1nccc(C)n1. The Kier molecular flexibility index (Phi) is 5.18. The first-order chi connectivity index (χ1) is 9.69. The van der Waals surface area contributed by atoms with Crippen molar-refractivity contribution < 1.29 is 4.74 Å². The first-order valence-electron chi connectivity index (χ1n) is 6.64. The highest BCUT2D eigenvalue weighted by Gasteiger charge is 2.05. The lowest BCUT2D eigenvalue weighted by molar-refractivity contribution is 0.336. The monoisotopic (exact) mass is 291 g/mol. The van der Waals surface area contributed by atoms with E-state index in [1.807, 2.05) is 38.1 Å². The highest BCUT2D eigenvalue weighted by atomic mass is 35.5. The average Bonchev–Trinajstić information content (AvgIpc) is 2.42. The zero-order chi connectivity index (χ0) is 14.4. The summed E-state index contributed by atoms with van der Waals surface area (Å²) in [7, 11) is 0. The number of nitrogens with zero attached hydrogens (tertiary/aromatic N) is 2. The van der Waals surface area contributed by atoms with Crippen LogP contribution in [-0.4, -0.2) is 23.1 Å². The molecule has 0 fully saturated rings. The smallest absolute Gasteiger partial charge is 0.222 e. The molecule has 0 unspecified atom stereocenters. The number of benzene rings is 1. The number of anilines is 1. The van der Waals surface area contributed by atoms with E-state index in [1.54, 1.807) is 6.20 Å². The average molecular weight is 292 g/mol. The molecule has 1 aromatic carbocycles. The van der Waals surface area contributed by atoms with Crippen LogP contribution in [0.3, 0.4) is 0 Å². The van der Waals surface area contributed by atoms with Crippen molar-refractivity contribution in [3.8, 4) is 5.75 Å². The molecule has 5 heteroatoms. The minimum absolute atomic E-state index is 0.642. The van der Waals surface area contributed by atoms with Crippen molar-refractivity contribution >= 4 is 17.5 Å². The Hall–Kier alpha value is -1.81. The van der Waals surface area contributed by atoms with Crippen molar-refractivity contribution in [1.82, 2.24) is 9.97 Å². The molecule has 2 rings (SSSR count). The minimum Gasteiger partial charge on any atom is -0.494 e. The number of hydrogen-bond donors (Lipinski definition) is 1. The second-order valence-electron chi connectivity index (χ2n) is 4.38. The van der Waals surface area contributed by atoms with E-state index in [4.69, 9.17) is 16.3 Å². The molecule has 1 N–H and O–H groups in total. The van der Waals surface area contributed by atoms with Crippen LogP contribution in [0.4, 0.5) is 5.95 Å². The van der Waals surface area contributed by atoms with E-state index >= 15 is 0 Å². The van der Waals surface area contributed by atoms with Gasteiger partial charge in [-0.2, -0.15) is 0 Å². The lowest BCUT2D eigenvalue weighted by Gasteiger charge is -2.11. The van der Waals surface area contributed by atoms with Gasteiger partial charge in [0.2, 0.25) is 5.95 Å². The molecule has 4 nitrogen and oxygen atoms in total. The molecule has 20 heavy (non-hydrogen) atoms. The quantitative estimate of drug-likeness (QED) is 0.885. The summed E-state index contributed by atoms with van der Waals surface area (Å²) in [5, 5.41) is 3.92. The molecule has 1 heterocycles. The van der Waals surface area contributed by atoms with Gasteiger partial charge in [-0.25, -0.2) is 9.97 Å². The van der Waals surface area contributed by atoms with E-state index in [0.29, 0.717) is 12.6 Å².